The fourth-order valence-corrected chi connectivity index (χ4v) is 2.64. The van der Waals surface area contributed by atoms with Crippen molar-refractivity contribution in [3.05, 3.63) is 0 Å². The Morgan fingerprint density at radius 2 is 1.44 bits per heavy atom. The number of carbonyl (C=O) groups excluding carboxylic acids is 1. The summed E-state index contributed by atoms with van der Waals surface area (Å²) in [7, 11) is 6.04. The number of hydrogen-bond acceptors (Lipinski definition) is 2. The van der Waals surface area contributed by atoms with Gasteiger partial charge in [-0.25, -0.2) is 0 Å². The predicted octanol–water partition coefficient (Wildman–Crippen LogP) is 2.86. The molecule has 3 heteroatoms. The highest BCUT2D eigenvalue weighted by Gasteiger charge is 2.34. The number of rotatable bonds is 6. The minimum atomic E-state index is -0.273. The molecule has 0 N–H and O–H groups in total. The molecule has 0 atom stereocenters. The van der Waals surface area contributed by atoms with Gasteiger partial charge in [-0.2, -0.15) is 0 Å². The number of nitrogens with zero attached hydrogens (tertiary/aromatic N) is 2. The first-order valence-electron chi connectivity index (χ1n) is 6.86. The molecule has 3 nitrogen and oxygen atoms in total. The Morgan fingerprint density at radius 1 is 0.944 bits per heavy atom. The fraction of sp³-hybridized carbons (Fsp3) is 0.933. The summed E-state index contributed by atoms with van der Waals surface area (Å²) in [5.74, 6) is 0.260. The lowest BCUT2D eigenvalue weighted by Crippen LogP contribution is -2.41. The zero-order chi connectivity index (χ0) is 14.6. The van der Waals surface area contributed by atoms with Crippen molar-refractivity contribution in [1.29, 1.82) is 0 Å². The molecule has 0 radical (unpaired) electrons. The third-order valence-corrected chi connectivity index (χ3v) is 3.00. The van der Waals surface area contributed by atoms with E-state index in [0.29, 0.717) is 0 Å². The number of carbonyl (C=O) groups is 1. The predicted molar refractivity (Wildman–Crippen MR) is 78.7 cm³/mol. The first-order valence-corrected chi connectivity index (χ1v) is 6.86. The Labute approximate surface area is 114 Å². The van der Waals surface area contributed by atoms with Gasteiger partial charge in [0, 0.05) is 19.0 Å². The van der Waals surface area contributed by atoms with E-state index in [0.717, 1.165) is 25.9 Å². The van der Waals surface area contributed by atoms with Crippen LogP contribution in [0.15, 0.2) is 0 Å². The molecule has 0 aliphatic heterocycles. The van der Waals surface area contributed by atoms with Crippen LogP contribution in [0.3, 0.4) is 0 Å². The molecule has 0 bridgehead atoms. The molecular formula is C15H32N2O. The molecule has 0 unspecified atom stereocenters. The Kier molecular flexibility index (Phi) is 6.35. The molecule has 0 spiro atoms. The molecule has 0 heterocycles. The zero-order valence-electron chi connectivity index (χ0n) is 13.6. The van der Waals surface area contributed by atoms with Gasteiger partial charge in [0.25, 0.3) is 0 Å². The van der Waals surface area contributed by atoms with E-state index >= 15 is 0 Å². The van der Waals surface area contributed by atoms with E-state index in [1.165, 1.54) is 0 Å². The Bertz CT molecular complexity index is 264. The summed E-state index contributed by atoms with van der Waals surface area (Å²) in [4.78, 5) is 16.5. The Hall–Kier alpha value is -0.570. The molecule has 0 aliphatic carbocycles. The molecule has 0 fully saturated rings. The first kappa shape index (κ1) is 17.4. The molecule has 0 aromatic rings. The quantitative estimate of drug-likeness (QED) is 0.729. The summed E-state index contributed by atoms with van der Waals surface area (Å²) in [5, 5.41) is 0. The summed E-state index contributed by atoms with van der Waals surface area (Å²) in [6.07, 6.45) is 1.94. The number of amides is 1. The molecule has 108 valence electrons. The van der Waals surface area contributed by atoms with Gasteiger partial charge in [-0.15, -0.1) is 0 Å². The second-order valence-electron chi connectivity index (χ2n) is 7.50. The Morgan fingerprint density at radius 3 is 1.83 bits per heavy atom. The maximum absolute atomic E-state index is 12.4. The monoisotopic (exact) mass is 256 g/mol. The van der Waals surface area contributed by atoms with Crippen molar-refractivity contribution in [3.8, 4) is 0 Å². The Balaban J connectivity index is 4.35. The van der Waals surface area contributed by atoms with Crippen LogP contribution in [0.1, 0.15) is 47.5 Å². The topological polar surface area (TPSA) is 23.6 Å². The average Bonchev–Trinajstić information content (AvgIpc) is 2.11. The standard InChI is InChI=1S/C15H32N2O/c1-14(2,3)12-15(4,5)13(18)17(8)11-9-10-16(6)7/h9-12H2,1-8H3. The maximum Gasteiger partial charge on any atom is 0.227 e. The van der Waals surface area contributed by atoms with Gasteiger partial charge >= 0.3 is 0 Å². The van der Waals surface area contributed by atoms with Crippen LogP contribution in [0.25, 0.3) is 0 Å². The molecule has 0 aliphatic rings. The van der Waals surface area contributed by atoms with Gasteiger partial charge in [0.15, 0.2) is 0 Å². The minimum absolute atomic E-state index is 0.184. The second-order valence-corrected chi connectivity index (χ2v) is 7.50. The van der Waals surface area contributed by atoms with Crippen molar-refractivity contribution < 1.29 is 4.79 Å². The van der Waals surface area contributed by atoms with Gasteiger partial charge in [0.1, 0.15) is 0 Å². The summed E-state index contributed by atoms with van der Waals surface area (Å²) in [5.41, 5.74) is -0.0885. The normalized spacial score (nSPS) is 12.9. The largest absolute Gasteiger partial charge is 0.345 e. The van der Waals surface area contributed by atoms with Crippen LogP contribution in [-0.2, 0) is 4.79 Å². The zero-order valence-corrected chi connectivity index (χ0v) is 13.6. The van der Waals surface area contributed by atoms with Crippen molar-refractivity contribution in [2.75, 3.05) is 34.2 Å². The van der Waals surface area contributed by atoms with Crippen LogP contribution in [0.4, 0.5) is 0 Å². The van der Waals surface area contributed by atoms with Gasteiger partial charge < -0.3 is 9.80 Å². The van der Waals surface area contributed by atoms with Crippen LogP contribution in [0.2, 0.25) is 0 Å². The lowest BCUT2D eigenvalue weighted by atomic mass is 9.75. The van der Waals surface area contributed by atoms with Gasteiger partial charge in [-0.05, 0) is 38.9 Å². The van der Waals surface area contributed by atoms with E-state index in [9.17, 15) is 4.79 Å². The lowest BCUT2D eigenvalue weighted by molar-refractivity contribution is -0.140. The molecule has 0 saturated carbocycles. The first-order chi connectivity index (χ1) is 7.96. The third kappa shape index (κ3) is 7.00. The van der Waals surface area contributed by atoms with Gasteiger partial charge in [0.05, 0.1) is 0 Å². The highest BCUT2D eigenvalue weighted by Crippen LogP contribution is 2.34. The van der Waals surface area contributed by atoms with E-state index in [4.69, 9.17) is 0 Å². The highest BCUT2D eigenvalue weighted by molar-refractivity contribution is 5.81. The smallest absolute Gasteiger partial charge is 0.227 e. The second kappa shape index (κ2) is 6.55. The van der Waals surface area contributed by atoms with E-state index in [1.54, 1.807) is 0 Å². The van der Waals surface area contributed by atoms with Gasteiger partial charge in [-0.1, -0.05) is 34.6 Å². The molecule has 0 saturated heterocycles. The minimum Gasteiger partial charge on any atom is -0.345 e. The summed E-state index contributed by atoms with van der Waals surface area (Å²) >= 11 is 0. The van der Waals surface area contributed by atoms with Crippen molar-refractivity contribution >= 4 is 5.91 Å². The summed E-state index contributed by atoms with van der Waals surface area (Å²) < 4.78 is 0. The van der Waals surface area contributed by atoms with E-state index < -0.39 is 0 Å². The lowest BCUT2D eigenvalue weighted by Gasteiger charge is -2.34. The van der Waals surface area contributed by atoms with Gasteiger partial charge in [-0.3, -0.25) is 4.79 Å². The molecular weight excluding hydrogens is 224 g/mol. The SMILES string of the molecule is CN(C)CCCN(C)C(=O)C(C)(C)CC(C)(C)C. The van der Waals surface area contributed by atoms with E-state index in [2.05, 4.69) is 53.6 Å². The van der Waals surface area contributed by atoms with Crippen molar-refractivity contribution in [2.24, 2.45) is 10.8 Å². The van der Waals surface area contributed by atoms with Crippen LogP contribution in [0, 0.1) is 10.8 Å². The molecule has 1 amide bonds. The average molecular weight is 256 g/mol. The van der Waals surface area contributed by atoms with Crippen LogP contribution < -0.4 is 0 Å². The van der Waals surface area contributed by atoms with Crippen molar-refractivity contribution in [3.63, 3.8) is 0 Å². The number of hydrogen-bond donors (Lipinski definition) is 0. The molecule has 0 rings (SSSR count). The van der Waals surface area contributed by atoms with Crippen LogP contribution in [0.5, 0.6) is 0 Å². The maximum atomic E-state index is 12.4. The van der Waals surface area contributed by atoms with Crippen molar-refractivity contribution in [2.45, 2.75) is 47.5 Å². The molecule has 18 heavy (non-hydrogen) atoms. The van der Waals surface area contributed by atoms with E-state index in [-0.39, 0.29) is 16.7 Å². The van der Waals surface area contributed by atoms with Crippen LogP contribution in [-0.4, -0.2) is 49.9 Å². The van der Waals surface area contributed by atoms with E-state index in [1.807, 2.05) is 11.9 Å². The summed E-state index contributed by atoms with van der Waals surface area (Å²) in [6.45, 7) is 12.5. The van der Waals surface area contributed by atoms with Crippen LogP contribution >= 0.6 is 0 Å². The molecule has 0 aromatic heterocycles. The summed E-state index contributed by atoms with van der Waals surface area (Å²) in [6, 6.07) is 0. The van der Waals surface area contributed by atoms with Crippen molar-refractivity contribution in [1.82, 2.24) is 9.80 Å². The third-order valence-electron chi connectivity index (χ3n) is 3.00. The fourth-order valence-electron chi connectivity index (χ4n) is 2.64. The van der Waals surface area contributed by atoms with Gasteiger partial charge in [0.2, 0.25) is 5.91 Å². The molecule has 0 aromatic carbocycles. The highest BCUT2D eigenvalue weighted by atomic mass is 16.2.